The fourth-order valence-electron chi connectivity index (χ4n) is 3.41. The molecule has 0 atom stereocenters. The summed E-state index contributed by atoms with van der Waals surface area (Å²) < 4.78 is 27.0. The van der Waals surface area contributed by atoms with Crippen molar-refractivity contribution in [1.82, 2.24) is 9.38 Å². The number of nitrogens with one attached hydrogen (secondary N) is 1. The van der Waals surface area contributed by atoms with Crippen molar-refractivity contribution in [3.05, 3.63) is 84.1 Å². The van der Waals surface area contributed by atoms with Crippen molar-refractivity contribution < 1.29 is 13.2 Å². The predicted octanol–water partition coefficient (Wildman–Crippen LogP) is 4.42. The molecule has 0 aliphatic heterocycles. The molecule has 6 nitrogen and oxygen atoms in total. The highest BCUT2D eigenvalue weighted by Gasteiger charge is 2.20. The molecule has 0 bridgehead atoms. The van der Waals surface area contributed by atoms with E-state index in [-0.39, 0.29) is 23.0 Å². The third-order valence-corrected chi connectivity index (χ3v) is 6.86. The number of hydrogen-bond donors (Lipinski definition) is 1. The van der Waals surface area contributed by atoms with Crippen LogP contribution in [0.4, 0.5) is 5.82 Å². The number of amides is 1. The summed E-state index contributed by atoms with van der Waals surface area (Å²) in [5.74, 6) is -0.114. The fraction of sp³-hybridized carbons (Fsp3) is 0.167. The highest BCUT2D eigenvalue weighted by atomic mass is 32.2. The van der Waals surface area contributed by atoms with Crippen LogP contribution in [-0.2, 0) is 14.6 Å². The Morgan fingerprint density at radius 2 is 1.68 bits per heavy atom. The molecule has 7 heteroatoms. The molecule has 0 spiro atoms. The first-order valence-corrected chi connectivity index (χ1v) is 11.6. The number of carbonyl (C=O) groups is 1. The standard InChI is InChI=1S/C24H23N3O3S/c1-17-10-12-20(13-11-17)31(29,30)16-14-21(28)25-24-22(19-8-4-3-5-9-19)26-23-18(2)7-6-15-27(23)24/h3-13,15H,14,16H2,1-2H3,(H,25,28). The minimum atomic E-state index is -3.55. The number of carbonyl (C=O) groups excluding carboxylic acids is 1. The Hall–Kier alpha value is -3.45. The van der Waals surface area contributed by atoms with Gasteiger partial charge in [-0.25, -0.2) is 13.4 Å². The van der Waals surface area contributed by atoms with Gasteiger partial charge in [-0.05, 0) is 37.6 Å². The average molecular weight is 434 g/mol. The van der Waals surface area contributed by atoms with Gasteiger partial charge < -0.3 is 5.32 Å². The predicted molar refractivity (Wildman–Crippen MR) is 122 cm³/mol. The summed E-state index contributed by atoms with van der Waals surface area (Å²) in [6.45, 7) is 3.85. The van der Waals surface area contributed by atoms with Gasteiger partial charge >= 0.3 is 0 Å². The maximum atomic E-state index is 12.7. The number of hydrogen-bond acceptors (Lipinski definition) is 4. The Labute approximate surface area is 181 Å². The van der Waals surface area contributed by atoms with E-state index in [0.717, 1.165) is 22.3 Å². The van der Waals surface area contributed by atoms with Gasteiger partial charge in [-0.15, -0.1) is 0 Å². The maximum Gasteiger partial charge on any atom is 0.226 e. The van der Waals surface area contributed by atoms with Gasteiger partial charge in [0.2, 0.25) is 5.91 Å². The molecule has 0 saturated heterocycles. The number of benzene rings is 2. The molecule has 1 N–H and O–H groups in total. The third kappa shape index (κ3) is 4.36. The van der Waals surface area contributed by atoms with Gasteiger partial charge in [0.25, 0.3) is 0 Å². The van der Waals surface area contributed by atoms with E-state index < -0.39 is 9.84 Å². The van der Waals surface area contributed by atoms with Crippen LogP contribution in [0.3, 0.4) is 0 Å². The Kier molecular flexibility index (Phi) is 5.61. The topological polar surface area (TPSA) is 80.5 Å². The van der Waals surface area contributed by atoms with Crippen LogP contribution in [-0.4, -0.2) is 29.5 Å². The molecule has 4 aromatic rings. The van der Waals surface area contributed by atoms with Crippen LogP contribution in [0.5, 0.6) is 0 Å². The third-order valence-electron chi connectivity index (χ3n) is 5.13. The van der Waals surface area contributed by atoms with Crippen molar-refractivity contribution in [2.45, 2.75) is 25.2 Å². The van der Waals surface area contributed by atoms with Crippen LogP contribution in [0, 0.1) is 13.8 Å². The van der Waals surface area contributed by atoms with Crippen molar-refractivity contribution in [3.63, 3.8) is 0 Å². The SMILES string of the molecule is Cc1ccc(S(=O)(=O)CCC(=O)Nc2c(-c3ccccc3)nc3c(C)cccn23)cc1. The number of pyridine rings is 1. The van der Waals surface area contributed by atoms with E-state index in [9.17, 15) is 13.2 Å². The summed E-state index contributed by atoms with van der Waals surface area (Å²) in [6.07, 6.45) is 1.68. The van der Waals surface area contributed by atoms with Crippen molar-refractivity contribution in [2.75, 3.05) is 11.1 Å². The average Bonchev–Trinajstić information content (AvgIpc) is 3.13. The minimum Gasteiger partial charge on any atom is -0.310 e. The number of anilines is 1. The summed E-state index contributed by atoms with van der Waals surface area (Å²) >= 11 is 0. The highest BCUT2D eigenvalue weighted by Crippen LogP contribution is 2.30. The zero-order valence-corrected chi connectivity index (χ0v) is 18.2. The van der Waals surface area contributed by atoms with Crippen molar-refractivity contribution >= 4 is 27.2 Å². The zero-order chi connectivity index (χ0) is 22.0. The van der Waals surface area contributed by atoms with E-state index in [1.807, 2.05) is 66.9 Å². The quantitative estimate of drug-likeness (QED) is 0.488. The molecule has 0 fully saturated rings. The lowest BCUT2D eigenvalue weighted by atomic mass is 10.1. The lowest BCUT2D eigenvalue weighted by Gasteiger charge is -2.09. The van der Waals surface area contributed by atoms with Gasteiger partial charge in [0.1, 0.15) is 17.2 Å². The van der Waals surface area contributed by atoms with Gasteiger partial charge in [-0.1, -0.05) is 54.1 Å². The normalized spacial score (nSPS) is 11.5. The Bertz CT molecular complexity index is 1340. The fourth-order valence-corrected chi connectivity index (χ4v) is 4.65. The van der Waals surface area contributed by atoms with Crippen molar-refractivity contribution in [1.29, 1.82) is 0 Å². The van der Waals surface area contributed by atoms with E-state index in [4.69, 9.17) is 4.98 Å². The number of aryl methyl sites for hydroxylation is 2. The molecule has 2 aromatic heterocycles. The summed E-state index contributed by atoms with van der Waals surface area (Å²) in [5, 5.41) is 2.89. The lowest BCUT2D eigenvalue weighted by molar-refractivity contribution is -0.115. The van der Waals surface area contributed by atoms with Crippen LogP contribution in [0.2, 0.25) is 0 Å². The first-order chi connectivity index (χ1) is 14.8. The molecular weight excluding hydrogens is 410 g/mol. The molecule has 0 radical (unpaired) electrons. The maximum absolute atomic E-state index is 12.7. The van der Waals surface area contributed by atoms with Gasteiger partial charge in [0, 0.05) is 18.2 Å². The van der Waals surface area contributed by atoms with Crippen LogP contribution in [0.1, 0.15) is 17.5 Å². The number of imidazole rings is 1. The number of fused-ring (bicyclic) bond motifs is 1. The molecule has 31 heavy (non-hydrogen) atoms. The second-order valence-electron chi connectivity index (χ2n) is 7.49. The summed E-state index contributed by atoms with van der Waals surface area (Å²) in [6, 6.07) is 20.1. The molecule has 2 heterocycles. The summed E-state index contributed by atoms with van der Waals surface area (Å²) in [7, 11) is -3.55. The molecule has 158 valence electrons. The molecule has 0 saturated carbocycles. The highest BCUT2D eigenvalue weighted by molar-refractivity contribution is 7.91. The molecule has 4 rings (SSSR count). The molecule has 0 aliphatic rings. The monoisotopic (exact) mass is 433 g/mol. The Morgan fingerprint density at radius 1 is 0.968 bits per heavy atom. The van der Waals surface area contributed by atoms with Crippen LogP contribution in [0.25, 0.3) is 16.9 Å². The van der Waals surface area contributed by atoms with E-state index >= 15 is 0 Å². The largest absolute Gasteiger partial charge is 0.310 e. The second-order valence-corrected chi connectivity index (χ2v) is 9.60. The number of nitrogens with zero attached hydrogens (tertiary/aromatic N) is 2. The van der Waals surface area contributed by atoms with Gasteiger partial charge in [0.15, 0.2) is 9.84 Å². The van der Waals surface area contributed by atoms with Crippen LogP contribution >= 0.6 is 0 Å². The van der Waals surface area contributed by atoms with E-state index in [0.29, 0.717) is 11.5 Å². The van der Waals surface area contributed by atoms with Crippen molar-refractivity contribution in [2.24, 2.45) is 0 Å². The number of rotatable bonds is 6. The first kappa shape index (κ1) is 20.8. The first-order valence-electron chi connectivity index (χ1n) is 9.97. The minimum absolute atomic E-state index is 0.149. The molecule has 0 aliphatic carbocycles. The lowest BCUT2D eigenvalue weighted by Crippen LogP contribution is -2.18. The zero-order valence-electron chi connectivity index (χ0n) is 17.4. The van der Waals surface area contributed by atoms with E-state index in [2.05, 4.69) is 5.32 Å². The smallest absolute Gasteiger partial charge is 0.226 e. The number of sulfone groups is 1. The van der Waals surface area contributed by atoms with Gasteiger partial charge in [-0.2, -0.15) is 0 Å². The Morgan fingerprint density at radius 3 is 2.39 bits per heavy atom. The van der Waals surface area contributed by atoms with Gasteiger partial charge in [-0.3, -0.25) is 9.20 Å². The van der Waals surface area contributed by atoms with Crippen LogP contribution < -0.4 is 5.32 Å². The molecular formula is C24H23N3O3S. The summed E-state index contributed by atoms with van der Waals surface area (Å²) in [5.41, 5.74) is 4.21. The number of aromatic nitrogens is 2. The Balaban J connectivity index is 1.60. The van der Waals surface area contributed by atoms with E-state index in [1.165, 1.54) is 0 Å². The van der Waals surface area contributed by atoms with Crippen LogP contribution in [0.15, 0.2) is 77.8 Å². The second kappa shape index (κ2) is 8.35. The molecule has 0 unspecified atom stereocenters. The van der Waals surface area contributed by atoms with Gasteiger partial charge in [0.05, 0.1) is 10.6 Å². The van der Waals surface area contributed by atoms with E-state index in [1.54, 1.807) is 24.3 Å². The molecule has 1 amide bonds. The van der Waals surface area contributed by atoms with Crippen molar-refractivity contribution in [3.8, 4) is 11.3 Å². The molecule has 2 aromatic carbocycles. The summed E-state index contributed by atoms with van der Waals surface area (Å²) in [4.78, 5) is 17.7.